The molecule has 2 aliphatic rings. The van der Waals surface area contributed by atoms with Gasteiger partial charge >= 0.3 is 0 Å². The van der Waals surface area contributed by atoms with E-state index in [1.54, 1.807) is 0 Å². The Morgan fingerprint density at radius 3 is 1.60 bits per heavy atom. The average molecular weight is 450 g/mol. The first-order valence-corrected chi connectivity index (χ1v) is 12.7. The van der Waals surface area contributed by atoms with E-state index >= 15 is 0 Å². The van der Waals surface area contributed by atoms with Gasteiger partial charge in [-0.25, -0.2) is 0 Å². The molecule has 169 valence electrons. The van der Waals surface area contributed by atoms with E-state index in [-0.39, 0.29) is 5.92 Å². The zero-order valence-corrected chi connectivity index (χ0v) is 20.4. The minimum atomic E-state index is 0.222. The highest BCUT2D eigenvalue weighted by Gasteiger charge is 2.34. The lowest BCUT2D eigenvalue weighted by molar-refractivity contribution is 1.01. The summed E-state index contributed by atoms with van der Waals surface area (Å²) in [5, 5.41) is 0. The van der Waals surface area contributed by atoms with Gasteiger partial charge in [0.1, 0.15) is 0 Å². The third-order valence-electron chi connectivity index (χ3n) is 7.41. The lowest BCUT2D eigenvalue weighted by Crippen LogP contribution is -1.99. The van der Waals surface area contributed by atoms with E-state index in [9.17, 15) is 0 Å². The summed E-state index contributed by atoms with van der Waals surface area (Å²) in [6.07, 6.45) is 10.5. The minimum absolute atomic E-state index is 0.222. The number of aryl methyl sites for hydroxylation is 2. The van der Waals surface area contributed by atoms with E-state index in [0.29, 0.717) is 0 Å². The van der Waals surface area contributed by atoms with Gasteiger partial charge in [0.25, 0.3) is 0 Å². The summed E-state index contributed by atoms with van der Waals surface area (Å²) < 4.78 is 0. The Balaban J connectivity index is 1.56. The molecule has 0 atom stereocenters. The fourth-order valence-corrected chi connectivity index (χ4v) is 5.84. The highest BCUT2D eigenvalue weighted by atomic mass is 14.4. The van der Waals surface area contributed by atoms with Crippen LogP contribution in [0.25, 0.3) is 16.7 Å². The molecule has 0 saturated carbocycles. The van der Waals surface area contributed by atoms with Crippen LogP contribution in [0.3, 0.4) is 0 Å². The fourth-order valence-electron chi connectivity index (χ4n) is 5.84. The first-order chi connectivity index (χ1) is 17.3. The van der Waals surface area contributed by atoms with Crippen LogP contribution in [0.4, 0.5) is 0 Å². The van der Waals surface area contributed by atoms with E-state index in [4.69, 9.17) is 0 Å². The number of benzene rings is 4. The van der Waals surface area contributed by atoms with Crippen molar-refractivity contribution in [1.82, 2.24) is 0 Å². The number of hydrogen-bond acceptors (Lipinski definition) is 0. The van der Waals surface area contributed by atoms with E-state index < -0.39 is 0 Å². The van der Waals surface area contributed by atoms with Crippen molar-refractivity contribution in [2.75, 3.05) is 0 Å². The second-order valence-corrected chi connectivity index (χ2v) is 9.34. The maximum absolute atomic E-state index is 3.87. The first kappa shape index (κ1) is 21.6. The molecule has 0 aliphatic heterocycles. The second-order valence-electron chi connectivity index (χ2n) is 9.34. The summed E-state index contributed by atoms with van der Waals surface area (Å²) in [5.74, 6) is 0.222. The predicted octanol–water partition coefficient (Wildman–Crippen LogP) is 8.73. The van der Waals surface area contributed by atoms with Crippen molar-refractivity contribution in [2.24, 2.45) is 0 Å². The van der Waals surface area contributed by atoms with Crippen LogP contribution in [0.5, 0.6) is 0 Å². The summed E-state index contributed by atoms with van der Waals surface area (Å²) in [4.78, 5) is 0. The van der Waals surface area contributed by atoms with Crippen molar-refractivity contribution >= 4 is 5.57 Å². The Kier molecular flexibility index (Phi) is 5.58. The Morgan fingerprint density at radius 1 is 0.600 bits per heavy atom. The molecule has 0 spiro atoms. The van der Waals surface area contributed by atoms with E-state index in [0.717, 1.165) is 18.4 Å². The molecule has 6 rings (SSSR count). The average Bonchev–Trinajstić information content (AvgIpc) is 3.52. The standard InChI is InChI=1S/C35H29/c1-3-24-17-11-19-30-33(31-20-12-18-25(4-2)35(31)34(24)30)29-22-21-28(23-29)32(26-13-7-5-8-14-26)27-15-9-6-10-16-27/h5-22,33H,3-4H2,1-2H3. The first-order valence-electron chi connectivity index (χ1n) is 12.7. The fraction of sp³-hybridized carbons (Fsp3) is 0.143. The van der Waals surface area contributed by atoms with Crippen molar-refractivity contribution in [3.63, 3.8) is 0 Å². The Bertz CT molecular complexity index is 1390. The second kappa shape index (κ2) is 9.04. The third-order valence-corrected chi connectivity index (χ3v) is 7.41. The number of hydrogen-bond donors (Lipinski definition) is 0. The van der Waals surface area contributed by atoms with Crippen molar-refractivity contribution in [2.45, 2.75) is 32.6 Å². The molecular weight excluding hydrogens is 420 g/mol. The van der Waals surface area contributed by atoms with Crippen LogP contribution in [-0.2, 0) is 12.8 Å². The molecule has 0 aromatic heterocycles. The van der Waals surface area contributed by atoms with Crippen LogP contribution in [0.2, 0.25) is 0 Å². The molecular formula is C35H29. The Morgan fingerprint density at radius 2 is 1.11 bits per heavy atom. The smallest absolute Gasteiger partial charge is 0.0358 e. The molecule has 35 heavy (non-hydrogen) atoms. The molecule has 0 fully saturated rings. The number of fused-ring (bicyclic) bond motifs is 3. The molecule has 0 unspecified atom stereocenters. The van der Waals surface area contributed by atoms with Gasteiger partial charge in [-0.3, -0.25) is 0 Å². The van der Waals surface area contributed by atoms with Crippen LogP contribution in [0.15, 0.2) is 120 Å². The van der Waals surface area contributed by atoms with Gasteiger partial charge in [0.15, 0.2) is 0 Å². The maximum Gasteiger partial charge on any atom is 0.0358 e. The van der Waals surface area contributed by atoms with E-state index in [1.807, 2.05) is 0 Å². The molecule has 4 aromatic rings. The van der Waals surface area contributed by atoms with Crippen molar-refractivity contribution < 1.29 is 0 Å². The molecule has 2 aliphatic carbocycles. The molecule has 0 N–H and O–H groups in total. The van der Waals surface area contributed by atoms with Crippen LogP contribution < -0.4 is 0 Å². The van der Waals surface area contributed by atoms with Gasteiger partial charge in [0, 0.05) is 5.92 Å². The van der Waals surface area contributed by atoms with Crippen molar-refractivity contribution in [3.05, 3.63) is 160 Å². The van der Waals surface area contributed by atoms with Crippen LogP contribution >= 0.6 is 0 Å². The normalized spacial score (nSPS) is 14.1. The van der Waals surface area contributed by atoms with Crippen molar-refractivity contribution in [3.8, 4) is 11.1 Å². The van der Waals surface area contributed by atoms with Gasteiger partial charge in [-0.15, -0.1) is 0 Å². The summed E-state index contributed by atoms with van der Waals surface area (Å²) >= 11 is 0. The lowest BCUT2D eigenvalue weighted by atomic mass is 9.88. The molecule has 4 aromatic carbocycles. The quantitative estimate of drug-likeness (QED) is 0.286. The van der Waals surface area contributed by atoms with Crippen molar-refractivity contribution in [1.29, 1.82) is 0 Å². The molecule has 0 heterocycles. The van der Waals surface area contributed by atoms with Gasteiger partial charge in [-0.1, -0.05) is 123 Å². The zero-order chi connectivity index (χ0) is 23.8. The molecule has 0 saturated heterocycles. The largest absolute Gasteiger partial charge is 0.0622 e. The molecule has 0 bridgehead atoms. The molecule has 0 heteroatoms. The monoisotopic (exact) mass is 449 g/mol. The number of allylic oxidation sites excluding steroid dienone is 5. The summed E-state index contributed by atoms with van der Waals surface area (Å²) in [6.45, 7) is 4.54. The highest BCUT2D eigenvalue weighted by molar-refractivity contribution is 5.88. The van der Waals surface area contributed by atoms with Gasteiger partial charge in [-0.2, -0.15) is 0 Å². The van der Waals surface area contributed by atoms with Gasteiger partial charge in [-0.05, 0) is 80.1 Å². The van der Waals surface area contributed by atoms with E-state index in [2.05, 4.69) is 129 Å². The Hall–Kier alpha value is -3.90. The lowest BCUT2D eigenvalue weighted by Gasteiger charge is -2.15. The summed E-state index contributed by atoms with van der Waals surface area (Å²) in [7, 11) is 0. The van der Waals surface area contributed by atoms with Crippen LogP contribution in [-0.4, -0.2) is 0 Å². The SMILES string of the molecule is CCc1cccc2c1-c1c(CC)cccc1C2C1=[C]C(=C(c2ccccc2)c2ccccc2)C=C1. The van der Waals surface area contributed by atoms with Gasteiger partial charge < -0.3 is 0 Å². The third kappa shape index (κ3) is 3.61. The predicted molar refractivity (Wildman–Crippen MR) is 147 cm³/mol. The summed E-state index contributed by atoms with van der Waals surface area (Å²) in [6, 6.07) is 35.1. The molecule has 0 nitrogen and oxygen atoms in total. The Labute approximate surface area is 209 Å². The van der Waals surface area contributed by atoms with Gasteiger partial charge in [0.2, 0.25) is 0 Å². The van der Waals surface area contributed by atoms with Gasteiger partial charge in [0.05, 0.1) is 0 Å². The minimum Gasteiger partial charge on any atom is -0.0622 e. The maximum atomic E-state index is 3.87. The van der Waals surface area contributed by atoms with Crippen LogP contribution in [0, 0.1) is 6.08 Å². The number of rotatable bonds is 5. The van der Waals surface area contributed by atoms with Crippen LogP contribution in [0.1, 0.15) is 53.1 Å². The topological polar surface area (TPSA) is 0 Å². The highest BCUT2D eigenvalue weighted by Crippen LogP contribution is 2.52. The summed E-state index contributed by atoms with van der Waals surface area (Å²) in [5.41, 5.74) is 14.8. The van der Waals surface area contributed by atoms with E-state index in [1.165, 1.54) is 55.7 Å². The molecule has 0 amide bonds. The molecule has 1 radical (unpaired) electrons. The zero-order valence-electron chi connectivity index (χ0n) is 20.4.